The van der Waals surface area contributed by atoms with Crippen molar-refractivity contribution in [2.75, 3.05) is 26.3 Å². The molecule has 1 fully saturated rings. The standard InChI is InChI=1S/C13H16ClNO2/c14-11-8-13-12(16-5-6-17-13)7-10(11)9-1-3-15-4-2-9/h7-9,15H,1-6H2. The van der Waals surface area contributed by atoms with Crippen LogP contribution < -0.4 is 14.8 Å². The lowest BCUT2D eigenvalue weighted by Crippen LogP contribution is -2.27. The van der Waals surface area contributed by atoms with Crippen LogP contribution in [0, 0.1) is 0 Å². The number of rotatable bonds is 1. The maximum absolute atomic E-state index is 6.34. The Balaban J connectivity index is 1.93. The highest BCUT2D eigenvalue weighted by atomic mass is 35.5. The molecule has 2 heterocycles. The molecule has 92 valence electrons. The summed E-state index contributed by atoms with van der Waals surface area (Å²) in [6.07, 6.45) is 2.28. The van der Waals surface area contributed by atoms with E-state index < -0.39 is 0 Å². The van der Waals surface area contributed by atoms with Gasteiger partial charge >= 0.3 is 0 Å². The van der Waals surface area contributed by atoms with E-state index >= 15 is 0 Å². The Kier molecular flexibility index (Phi) is 3.12. The van der Waals surface area contributed by atoms with Crippen LogP contribution in [-0.2, 0) is 0 Å². The summed E-state index contributed by atoms with van der Waals surface area (Å²) in [5.41, 5.74) is 1.21. The Bertz CT molecular complexity index is 416. The van der Waals surface area contributed by atoms with Crippen LogP contribution in [0.4, 0.5) is 0 Å². The van der Waals surface area contributed by atoms with Crippen molar-refractivity contribution in [3.8, 4) is 11.5 Å². The molecule has 1 aromatic rings. The van der Waals surface area contributed by atoms with Crippen molar-refractivity contribution in [2.24, 2.45) is 0 Å². The fourth-order valence-corrected chi connectivity index (χ4v) is 2.83. The van der Waals surface area contributed by atoms with Crippen LogP contribution in [0.2, 0.25) is 5.02 Å². The lowest BCUT2D eigenvalue weighted by atomic mass is 9.90. The molecule has 3 nitrogen and oxygen atoms in total. The van der Waals surface area contributed by atoms with Crippen LogP contribution in [0.25, 0.3) is 0 Å². The third-order valence-electron chi connectivity index (χ3n) is 3.44. The van der Waals surface area contributed by atoms with Crippen LogP contribution in [0.3, 0.4) is 0 Å². The summed E-state index contributed by atoms with van der Waals surface area (Å²) in [6, 6.07) is 3.96. The van der Waals surface area contributed by atoms with Crippen LogP contribution in [0.15, 0.2) is 12.1 Å². The summed E-state index contributed by atoms with van der Waals surface area (Å²) in [4.78, 5) is 0. The number of hydrogen-bond donors (Lipinski definition) is 1. The highest BCUT2D eigenvalue weighted by molar-refractivity contribution is 6.31. The molecule has 0 amide bonds. The summed E-state index contributed by atoms with van der Waals surface area (Å²) in [7, 11) is 0. The molecule has 0 saturated carbocycles. The van der Waals surface area contributed by atoms with E-state index in [0.29, 0.717) is 19.1 Å². The predicted molar refractivity (Wildman–Crippen MR) is 67.3 cm³/mol. The third-order valence-corrected chi connectivity index (χ3v) is 3.77. The first-order chi connectivity index (χ1) is 8.34. The second-order valence-electron chi connectivity index (χ2n) is 4.54. The van der Waals surface area contributed by atoms with E-state index in [9.17, 15) is 0 Å². The molecule has 1 N–H and O–H groups in total. The normalized spacial score (nSPS) is 20.3. The summed E-state index contributed by atoms with van der Waals surface area (Å²) < 4.78 is 11.1. The number of nitrogens with one attached hydrogen (secondary N) is 1. The molecular formula is C13H16ClNO2. The summed E-state index contributed by atoms with van der Waals surface area (Å²) in [5.74, 6) is 2.16. The molecule has 0 aromatic heterocycles. The average Bonchev–Trinajstić information content (AvgIpc) is 2.39. The molecule has 0 spiro atoms. The molecule has 1 saturated heterocycles. The molecule has 17 heavy (non-hydrogen) atoms. The number of ether oxygens (including phenoxy) is 2. The Hall–Kier alpha value is -0.930. The van der Waals surface area contributed by atoms with Crippen molar-refractivity contribution in [1.29, 1.82) is 0 Å². The monoisotopic (exact) mass is 253 g/mol. The Labute approximate surface area is 106 Å². The minimum Gasteiger partial charge on any atom is -0.486 e. The van der Waals surface area contributed by atoms with Gasteiger partial charge in [0.2, 0.25) is 0 Å². The smallest absolute Gasteiger partial charge is 0.162 e. The van der Waals surface area contributed by atoms with Gasteiger partial charge in [-0.25, -0.2) is 0 Å². The molecule has 0 atom stereocenters. The number of hydrogen-bond acceptors (Lipinski definition) is 3. The van der Waals surface area contributed by atoms with Gasteiger partial charge in [-0.2, -0.15) is 0 Å². The highest BCUT2D eigenvalue weighted by Crippen LogP contribution is 2.40. The lowest BCUT2D eigenvalue weighted by molar-refractivity contribution is 0.171. The molecular weight excluding hydrogens is 238 g/mol. The Morgan fingerprint density at radius 2 is 1.71 bits per heavy atom. The van der Waals surface area contributed by atoms with E-state index in [1.165, 1.54) is 5.56 Å². The first-order valence-corrected chi connectivity index (χ1v) is 6.52. The van der Waals surface area contributed by atoms with Crippen molar-refractivity contribution < 1.29 is 9.47 Å². The van der Waals surface area contributed by atoms with Gasteiger partial charge in [0.25, 0.3) is 0 Å². The highest BCUT2D eigenvalue weighted by Gasteiger charge is 2.21. The van der Waals surface area contributed by atoms with Gasteiger partial charge in [-0.1, -0.05) is 11.6 Å². The Morgan fingerprint density at radius 1 is 1.06 bits per heavy atom. The van der Waals surface area contributed by atoms with E-state index in [4.69, 9.17) is 21.1 Å². The molecule has 4 heteroatoms. The van der Waals surface area contributed by atoms with Gasteiger partial charge in [0.15, 0.2) is 11.5 Å². The molecule has 1 aromatic carbocycles. The molecule has 2 aliphatic heterocycles. The lowest BCUT2D eigenvalue weighted by Gasteiger charge is -2.26. The van der Waals surface area contributed by atoms with Gasteiger partial charge in [-0.05, 0) is 43.5 Å². The second kappa shape index (κ2) is 4.75. The number of fused-ring (bicyclic) bond motifs is 1. The fraction of sp³-hybridized carbons (Fsp3) is 0.538. The maximum Gasteiger partial charge on any atom is 0.162 e. The van der Waals surface area contributed by atoms with Gasteiger partial charge in [-0.3, -0.25) is 0 Å². The van der Waals surface area contributed by atoms with Gasteiger partial charge in [-0.15, -0.1) is 0 Å². The van der Waals surface area contributed by atoms with Crippen molar-refractivity contribution in [3.63, 3.8) is 0 Å². The van der Waals surface area contributed by atoms with Crippen molar-refractivity contribution in [2.45, 2.75) is 18.8 Å². The van der Waals surface area contributed by atoms with E-state index in [-0.39, 0.29) is 0 Å². The summed E-state index contributed by atoms with van der Waals surface area (Å²) >= 11 is 6.34. The molecule has 0 unspecified atom stereocenters. The first-order valence-electron chi connectivity index (χ1n) is 6.14. The zero-order chi connectivity index (χ0) is 11.7. The first kappa shape index (κ1) is 11.2. The molecule has 2 aliphatic rings. The predicted octanol–water partition coefficient (Wildman–Crippen LogP) is 2.58. The number of piperidine rings is 1. The zero-order valence-electron chi connectivity index (χ0n) is 9.67. The number of benzene rings is 1. The summed E-state index contributed by atoms with van der Waals surface area (Å²) in [6.45, 7) is 3.36. The minimum atomic E-state index is 0.541. The minimum absolute atomic E-state index is 0.541. The molecule has 0 bridgehead atoms. The van der Waals surface area contributed by atoms with Crippen LogP contribution in [0.1, 0.15) is 24.3 Å². The zero-order valence-corrected chi connectivity index (χ0v) is 10.4. The summed E-state index contributed by atoms with van der Waals surface area (Å²) in [5, 5.41) is 4.17. The second-order valence-corrected chi connectivity index (χ2v) is 4.95. The number of halogens is 1. The van der Waals surface area contributed by atoms with Crippen molar-refractivity contribution in [3.05, 3.63) is 22.7 Å². The largest absolute Gasteiger partial charge is 0.486 e. The molecule has 0 radical (unpaired) electrons. The van der Waals surface area contributed by atoms with Gasteiger partial charge < -0.3 is 14.8 Å². The van der Waals surface area contributed by atoms with E-state index in [0.717, 1.165) is 42.5 Å². The topological polar surface area (TPSA) is 30.5 Å². The van der Waals surface area contributed by atoms with Crippen molar-refractivity contribution in [1.82, 2.24) is 5.32 Å². The SMILES string of the molecule is Clc1cc2c(cc1C1CCNCC1)OCCO2. The third kappa shape index (κ3) is 2.22. The Morgan fingerprint density at radius 3 is 2.41 bits per heavy atom. The maximum atomic E-state index is 6.34. The van der Waals surface area contributed by atoms with E-state index in [1.807, 2.05) is 6.07 Å². The van der Waals surface area contributed by atoms with Crippen LogP contribution in [0.5, 0.6) is 11.5 Å². The van der Waals surface area contributed by atoms with Gasteiger partial charge in [0.05, 0.1) is 0 Å². The van der Waals surface area contributed by atoms with E-state index in [2.05, 4.69) is 11.4 Å². The van der Waals surface area contributed by atoms with Crippen LogP contribution in [-0.4, -0.2) is 26.3 Å². The van der Waals surface area contributed by atoms with Crippen LogP contribution >= 0.6 is 11.6 Å². The average molecular weight is 254 g/mol. The molecule has 0 aliphatic carbocycles. The van der Waals surface area contributed by atoms with Crippen molar-refractivity contribution >= 4 is 11.6 Å². The van der Waals surface area contributed by atoms with Gasteiger partial charge in [0, 0.05) is 11.1 Å². The van der Waals surface area contributed by atoms with Gasteiger partial charge in [0.1, 0.15) is 13.2 Å². The quantitative estimate of drug-likeness (QED) is 0.835. The fourth-order valence-electron chi connectivity index (χ4n) is 2.53. The van der Waals surface area contributed by atoms with E-state index in [1.54, 1.807) is 0 Å². The molecule has 3 rings (SSSR count).